The van der Waals surface area contributed by atoms with E-state index in [-0.39, 0.29) is 18.4 Å². The molecule has 0 bridgehead atoms. The molecule has 0 spiro atoms. The largest absolute Gasteiger partial charge is 0.481 e. The van der Waals surface area contributed by atoms with E-state index in [9.17, 15) is 14.7 Å². The van der Waals surface area contributed by atoms with Crippen molar-refractivity contribution in [3.05, 3.63) is 64.6 Å². The highest BCUT2D eigenvalue weighted by Crippen LogP contribution is 2.22. The van der Waals surface area contributed by atoms with Crippen LogP contribution in [0.2, 0.25) is 0 Å². The van der Waals surface area contributed by atoms with Crippen molar-refractivity contribution in [3.8, 4) is 0 Å². The lowest BCUT2D eigenvalue weighted by Gasteiger charge is -2.32. The number of amides is 1. The first-order chi connectivity index (χ1) is 13.0. The molecule has 0 aromatic heterocycles. The van der Waals surface area contributed by atoms with Crippen LogP contribution in [0.5, 0.6) is 0 Å². The zero-order valence-electron chi connectivity index (χ0n) is 15.1. The Morgan fingerprint density at radius 3 is 2.48 bits per heavy atom. The number of halogens is 1. The molecule has 0 radical (unpaired) electrons. The third-order valence-electron chi connectivity index (χ3n) is 4.84. The maximum Gasteiger partial charge on any atom is 0.307 e. The molecule has 6 heteroatoms. The molecule has 27 heavy (non-hydrogen) atoms. The fourth-order valence-corrected chi connectivity index (χ4v) is 3.65. The van der Waals surface area contributed by atoms with E-state index >= 15 is 0 Å². The topological polar surface area (TPSA) is 60.9 Å². The number of benzene rings is 2. The minimum absolute atomic E-state index is 0.0211. The van der Waals surface area contributed by atoms with Crippen molar-refractivity contribution in [3.63, 3.8) is 0 Å². The monoisotopic (exact) mass is 430 g/mol. The highest BCUT2D eigenvalue weighted by atomic mass is 79.9. The standard InChI is InChI=1S/C21H23BrN2O3/c22-18-8-10-19(11-9-18)24(13-16-5-2-1-3-6-16)20(25)15-23-12-4-7-17(14-23)21(26)27/h1-3,5-6,8-11,17H,4,7,12-15H2,(H,26,27). The second-order valence-electron chi connectivity index (χ2n) is 6.85. The molecule has 1 aliphatic rings. The van der Waals surface area contributed by atoms with Gasteiger partial charge in [0.25, 0.3) is 0 Å². The molecular weight excluding hydrogens is 408 g/mol. The summed E-state index contributed by atoms with van der Waals surface area (Å²) in [5.74, 6) is -1.18. The molecule has 0 aliphatic carbocycles. The minimum atomic E-state index is -0.777. The van der Waals surface area contributed by atoms with Crippen molar-refractivity contribution < 1.29 is 14.7 Å². The van der Waals surface area contributed by atoms with Gasteiger partial charge in [0.2, 0.25) is 5.91 Å². The van der Waals surface area contributed by atoms with Gasteiger partial charge in [-0.2, -0.15) is 0 Å². The average molecular weight is 431 g/mol. The van der Waals surface area contributed by atoms with Crippen LogP contribution in [0.4, 0.5) is 5.69 Å². The summed E-state index contributed by atoms with van der Waals surface area (Å²) in [7, 11) is 0. The van der Waals surface area contributed by atoms with Crippen molar-refractivity contribution in [1.82, 2.24) is 4.90 Å². The normalized spacial score (nSPS) is 17.4. The van der Waals surface area contributed by atoms with E-state index in [2.05, 4.69) is 15.9 Å². The quantitative estimate of drug-likeness (QED) is 0.757. The van der Waals surface area contributed by atoms with Crippen molar-refractivity contribution >= 4 is 33.5 Å². The van der Waals surface area contributed by atoms with Crippen LogP contribution in [-0.4, -0.2) is 41.5 Å². The number of carbonyl (C=O) groups excluding carboxylic acids is 1. The molecular formula is C21H23BrN2O3. The maximum atomic E-state index is 13.1. The van der Waals surface area contributed by atoms with E-state index in [1.165, 1.54) is 0 Å². The number of likely N-dealkylation sites (tertiary alicyclic amines) is 1. The molecule has 1 N–H and O–H groups in total. The lowest BCUT2D eigenvalue weighted by molar-refractivity contribution is -0.144. The second-order valence-corrected chi connectivity index (χ2v) is 7.77. The summed E-state index contributed by atoms with van der Waals surface area (Å²) in [6.07, 6.45) is 1.49. The molecule has 1 heterocycles. The highest BCUT2D eigenvalue weighted by Gasteiger charge is 2.28. The highest BCUT2D eigenvalue weighted by molar-refractivity contribution is 9.10. The van der Waals surface area contributed by atoms with Gasteiger partial charge >= 0.3 is 5.97 Å². The van der Waals surface area contributed by atoms with E-state index in [1.54, 1.807) is 4.90 Å². The number of rotatable bonds is 6. The molecule has 1 atom stereocenters. The predicted molar refractivity (Wildman–Crippen MR) is 109 cm³/mol. The Hall–Kier alpha value is -2.18. The van der Waals surface area contributed by atoms with E-state index in [1.807, 2.05) is 59.5 Å². The average Bonchev–Trinajstić information content (AvgIpc) is 2.68. The molecule has 1 unspecified atom stereocenters. The number of aliphatic carboxylic acids is 1. The van der Waals surface area contributed by atoms with Gasteiger partial charge in [0.05, 0.1) is 19.0 Å². The number of hydrogen-bond donors (Lipinski definition) is 1. The summed E-state index contributed by atoms with van der Waals surface area (Å²) in [5.41, 5.74) is 1.88. The summed E-state index contributed by atoms with van der Waals surface area (Å²) in [5, 5.41) is 9.27. The van der Waals surface area contributed by atoms with Crippen LogP contribution in [0.3, 0.4) is 0 Å². The molecule has 1 fully saturated rings. The van der Waals surface area contributed by atoms with E-state index in [0.29, 0.717) is 19.5 Å². The maximum absolute atomic E-state index is 13.1. The third-order valence-corrected chi connectivity index (χ3v) is 5.37. The van der Waals surface area contributed by atoms with Crippen LogP contribution in [-0.2, 0) is 16.1 Å². The Balaban J connectivity index is 1.76. The summed E-state index contributed by atoms with van der Waals surface area (Å²) >= 11 is 3.43. The lowest BCUT2D eigenvalue weighted by atomic mass is 9.98. The molecule has 1 amide bonds. The number of anilines is 1. The Morgan fingerprint density at radius 1 is 1.11 bits per heavy atom. The third kappa shape index (κ3) is 5.40. The SMILES string of the molecule is O=C(O)C1CCCN(CC(=O)N(Cc2ccccc2)c2ccc(Br)cc2)C1. The van der Waals surface area contributed by atoms with Gasteiger partial charge in [-0.3, -0.25) is 14.5 Å². The molecule has 142 valence electrons. The van der Waals surface area contributed by atoms with E-state index < -0.39 is 5.97 Å². The summed E-state index contributed by atoms with van der Waals surface area (Å²) in [6, 6.07) is 17.5. The molecule has 5 nitrogen and oxygen atoms in total. The van der Waals surface area contributed by atoms with Crippen LogP contribution in [0.15, 0.2) is 59.1 Å². The van der Waals surface area contributed by atoms with Gasteiger partial charge in [0.1, 0.15) is 0 Å². The first-order valence-electron chi connectivity index (χ1n) is 9.08. The van der Waals surface area contributed by atoms with Gasteiger partial charge in [0, 0.05) is 16.7 Å². The molecule has 1 aliphatic heterocycles. The number of carbonyl (C=O) groups is 2. The van der Waals surface area contributed by atoms with Crippen molar-refractivity contribution in [1.29, 1.82) is 0 Å². The first-order valence-corrected chi connectivity index (χ1v) is 9.87. The number of carboxylic acids is 1. The van der Waals surface area contributed by atoms with Gasteiger partial charge in [-0.1, -0.05) is 46.3 Å². The van der Waals surface area contributed by atoms with Gasteiger partial charge in [0.15, 0.2) is 0 Å². The van der Waals surface area contributed by atoms with Gasteiger partial charge in [-0.15, -0.1) is 0 Å². The van der Waals surface area contributed by atoms with Crippen LogP contribution in [0, 0.1) is 5.92 Å². The van der Waals surface area contributed by atoms with Crippen LogP contribution < -0.4 is 4.90 Å². The van der Waals surface area contributed by atoms with Crippen molar-refractivity contribution in [2.45, 2.75) is 19.4 Å². The van der Waals surface area contributed by atoms with Crippen LogP contribution >= 0.6 is 15.9 Å². The Morgan fingerprint density at radius 2 is 1.81 bits per heavy atom. The molecule has 2 aromatic rings. The fourth-order valence-electron chi connectivity index (χ4n) is 3.39. The summed E-state index contributed by atoms with van der Waals surface area (Å²) in [4.78, 5) is 28.1. The minimum Gasteiger partial charge on any atom is -0.481 e. The number of hydrogen-bond acceptors (Lipinski definition) is 3. The van der Waals surface area contributed by atoms with E-state index in [0.717, 1.165) is 28.7 Å². The van der Waals surface area contributed by atoms with Gasteiger partial charge < -0.3 is 10.0 Å². The predicted octanol–water partition coefficient (Wildman–Crippen LogP) is 3.78. The Labute approximate surface area is 167 Å². The number of carboxylic acid groups (broad SMARTS) is 1. The zero-order valence-corrected chi connectivity index (χ0v) is 16.6. The van der Waals surface area contributed by atoms with Gasteiger partial charge in [-0.05, 0) is 49.2 Å². The molecule has 1 saturated heterocycles. The Kier molecular flexibility index (Phi) is 6.63. The second kappa shape index (κ2) is 9.15. The molecule has 2 aromatic carbocycles. The van der Waals surface area contributed by atoms with Crippen molar-refractivity contribution in [2.24, 2.45) is 5.92 Å². The molecule has 3 rings (SSSR count). The Bertz CT molecular complexity index is 780. The summed E-state index contributed by atoms with van der Waals surface area (Å²) < 4.78 is 0.957. The van der Waals surface area contributed by atoms with Crippen molar-refractivity contribution in [2.75, 3.05) is 24.5 Å². The summed E-state index contributed by atoms with van der Waals surface area (Å²) in [6.45, 7) is 1.90. The van der Waals surface area contributed by atoms with Crippen LogP contribution in [0.25, 0.3) is 0 Å². The molecule has 0 saturated carbocycles. The fraction of sp³-hybridized carbons (Fsp3) is 0.333. The van der Waals surface area contributed by atoms with Gasteiger partial charge in [-0.25, -0.2) is 0 Å². The smallest absolute Gasteiger partial charge is 0.307 e. The van der Waals surface area contributed by atoms with E-state index in [4.69, 9.17) is 0 Å². The lowest BCUT2D eigenvalue weighted by Crippen LogP contribution is -2.45. The zero-order chi connectivity index (χ0) is 19.2. The number of piperidine rings is 1. The first kappa shape index (κ1) is 19.6. The van der Waals surface area contributed by atoms with Crippen LogP contribution in [0.1, 0.15) is 18.4 Å². The number of nitrogens with zero attached hydrogens (tertiary/aromatic N) is 2.